The lowest BCUT2D eigenvalue weighted by Gasteiger charge is -2.32. The molecule has 0 aliphatic carbocycles. The molecule has 0 radical (unpaired) electrons. The zero-order valence-electron chi connectivity index (χ0n) is 15.6. The molecule has 146 valence electrons. The average molecular weight is 384 g/mol. The maximum atomic E-state index is 13.3. The van der Waals surface area contributed by atoms with Crippen LogP contribution < -0.4 is 5.56 Å². The lowest BCUT2D eigenvalue weighted by molar-refractivity contribution is -0.132. The minimum atomic E-state index is -0.335. The van der Waals surface area contributed by atoms with Crippen molar-refractivity contribution >= 4 is 17.1 Å². The van der Waals surface area contributed by atoms with Gasteiger partial charge in [-0.2, -0.15) is 0 Å². The van der Waals surface area contributed by atoms with Crippen LogP contribution in [0.5, 0.6) is 0 Å². The molecular weight excluding hydrogens is 363 g/mol. The number of carbonyl (C=O) groups is 1. The van der Waals surface area contributed by atoms with Crippen LogP contribution in [0.2, 0.25) is 0 Å². The van der Waals surface area contributed by atoms with E-state index in [1.54, 1.807) is 23.7 Å². The van der Waals surface area contributed by atoms with E-state index in [9.17, 15) is 14.0 Å². The molecule has 1 N–H and O–H groups in total. The highest BCUT2D eigenvalue weighted by molar-refractivity contribution is 5.78. The number of aryl methyl sites for hydroxylation is 1. The van der Waals surface area contributed by atoms with Crippen molar-refractivity contribution in [2.45, 2.75) is 32.7 Å². The summed E-state index contributed by atoms with van der Waals surface area (Å²) in [7, 11) is 0. The average Bonchev–Trinajstić information content (AvgIpc) is 3.05. The van der Waals surface area contributed by atoms with Crippen molar-refractivity contribution in [3.8, 4) is 0 Å². The first-order valence-electron chi connectivity index (χ1n) is 9.32. The topological polar surface area (TPSA) is 96.8 Å². The van der Waals surface area contributed by atoms with E-state index in [0.29, 0.717) is 36.7 Å². The molecule has 8 nitrogen and oxygen atoms in total. The number of halogens is 1. The molecule has 1 atom stereocenters. The molecule has 0 saturated carbocycles. The normalized spacial score (nSPS) is 17.2. The van der Waals surface area contributed by atoms with Crippen LogP contribution in [0.15, 0.2) is 29.1 Å². The van der Waals surface area contributed by atoms with Gasteiger partial charge in [0, 0.05) is 19.6 Å². The third-order valence-corrected chi connectivity index (χ3v) is 5.04. The first-order chi connectivity index (χ1) is 13.5. The number of aromatic nitrogens is 5. The van der Waals surface area contributed by atoms with Gasteiger partial charge in [-0.1, -0.05) is 17.3 Å². The SMILES string of the molecule is Cc1nc2c(nnn2C[C@@H]2CCCN(C(=O)Cc3cccc(F)c3)C2)c(=O)[nH]1. The van der Waals surface area contributed by atoms with Crippen LogP contribution in [0, 0.1) is 18.7 Å². The van der Waals surface area contributed by atoms with Gasteiger partial charge in [0.25, 0.3) is 5.56 Å². The highest BCUT2D eigenvalue weighted by atomic mass is 19.1. The standard InChI is InChI=1S/C19H21FN6O2/c1-12-21-18-17(19(28)22-12)23-24-26(18)11-14-5-3-7-25(10-14)16(27)9-13-4-2-6-15(20)8-13/h2,4,6,8,14H,3,5,7,9-11H2,1H3,(H,21,22,28)/t14-/m1/s1. The number of benzene rings is 1. The van der Waals surface area contributed by atoms with E-state index in [2.05, 4.69) is 20.3 Å². The molecule has 1 aliphatic heterocycles. The zero-order chi connectivity index (χ0) is 19.7. The lowest BCUT2D eigenvalue weighted by atomic mass is 9.97. The predicted molar refractivity (Wildman–Crippen MR) is 100 cm³/mol. The Morgan fingerprint density at radius 3 is 3.07 bits per heavy atom. The summed E-state index contributed by atoms with van der Waals surface area (Å²) in [5, 5.41) is 8.01. The molecule has 3 aromatic rings. The summed E-state index contributed by atoms with van der Waals surface area (Å²) in [5.74, 6) is 0.356. The Bertz CT molecular complexity index is 1080. The van der Waals surface area contributed by atoms with Gasteiger partial charge in [0.2, 0.25) is 5.91 Å². The van der Waals surface area contributed by atoms with Crippen molar-refractivity contribution in [1.82, 2.24) is 29.9 Å². The zero-order valence-corrected chi connectivity index (χ0v) is 15.6. The van der Waals surface area contributed by atoms with Crippen molar-refractivity contribution in [3.63, 3.8) is 0 Å². The number of nitrogens with zero attached hydrogens (tertiary/aromatic N) is 5. The lowest BCUT2D eigenvalue weighted by Crippen LogP contribution is -2.42. The number of fused-ring (bicyclic) bond motifs is 1. The first-order valence-corrected chi connectivity index (χ1v) is 9.32. The predicted octanol–water partition coefficient (Wildman–Crippen LogP) is 1.44. The summed E-state index contributed by atoms with van der Waals surface area (Å²) in [6.07, 6.45) is 2.03. The second-order valence-corrected chi connectivity index (χ2v) is 7.25. The van der Waals surface area contributed by atoms with Gasteiger partial charge in [-0.15, -0.1) is 5.10 Å². The molecule has 3 heterocycles. The fourth-order valence-corrected chi connectivity index (χ4v) is 3.72. The van der Waals surface area contributed by atoms with E-state index >= 15 is 0 Å². The molecule has 28 heavy (non-hydrogen) atoms. The van der Waals surface area contributed by atoms with Gasteiger partial charge in [-0.05, 0) is 43.4 Å². The van der Waals surface area contributed by atoms with Crippen LogP contribution in [0.25, 0.3) is 11.2 Å². The molecule has 0 unspecified atom stereocenters. The minimum Gasteiger partial charge on any atom is -0.342 e. The number of H-pyrrole nitrogens is 1. The number of amides is 1. The summed E-state index contributed by atoms with van der Waals surface area (Å²) < 4.78 is 15.0. The van der Waals surface area contributed by atoms with Crippen molar-refractivity contribution < 1.29 is 9.18 Å². The number of rotatable bonds is 4. The molecular formula is C19H21FN6O2. The number of likely N-dealkylation sites (tertiary alicyclic amines) is 1. The smallest absolute Gasteiger partial charge is 0.281 e. The Labute approximate surface area is 160 Å². The summed E-state index contributed by atoms with van der Waals surface area (Å²) in [5.41, 5.74) is 1.06. The quantitative estimate of drug-likeness (QED) is 0.734. The molecule has 1 amide bonds. The number of aromatic amines is 1. The van der Waals surface area contributed by atoms with Gasteiger partial charge in [0.15, 0.2) is 11.2 Å². The Balaban J connectivity index is 1.45. The number of piperidine rings is 1. The third-order valence-electron chi connectivity index (χ3n) is 5.04. The van der Waals surface area contributed by atoms with Gasteiger partial charge < -0.3 is 9.88 Å². The number of carbonyl (C=O) groups excluding carboxylic acids is 1. The third kappa shape index (κ3) is 3.78. The molecule has 1 aromatic carbocycles. The Kier molecular flexibility index (Phi) is 4.89. The van der Waals surface area contributed by atoms with Gasteiger partial charge in [0.05, 0.1) is 6.42 Å². The van der Waals surface area contributed by atoms with Gasteiger partial charge in [-0.3, -0.25) is 9.59 Å². The molecule has 1 saturated heterocycles. The highest BCUT2D eigenvalue weighted by Gasteiger charge is 2.25. The second kappa shape index (κ2) is 7.49. The summed E-state index contributed by atoms with van der Waals surface area (Å²) >= 11 is 0. The van der Waals surface area contributed by atoms with Gasteiger partial charge >= 0.3 is 0 Å². The van der Waals surface area contributed by atoms with Crippen LogP contribution in [-0.2, 0) is 17.8 Å². The van der Waals surface area contributed by atoms with Crippen molar-refractivity contribution in [1.29, 1.82) is 0 Å². The molecule has 0 spiro atoms. The molecule has 9 heteroatoms. The molecule has 2 aromatic heterocycles. The Morgan fingerprint density at radius 1 is 1.39 bits per heavy atom. The Hall–Kier alpha value is -3.10. The van der Waals surface area contributed by atoms with E-state index in [-0.39, 0.29) is 35.1 Å². The van der Waals surface area contributed by atoms with Gasteiger partial charge in [0.1, 0.15) is 11.6 Å². The van der Waals surface area contributed by atoms with Crippen LogP contribution in [0.3, 0.4) is 0 Å². The van der Waals surface area contributed by atoms with Crippen molar-refractivity contribution in [2.24, 2.45) is 5.92 Å². The van der Waals surface area contributed by atoms with E-state index in [4.69, 9.17) is 0 Å². The van der Waals surface area contributed by atoms with Gasteiger partial charge in [-0.25, -0.2) is 14.1 Å². The fraction of sp³-hybridized carbons (Fsp3) is 0.421. The summed E-state index contributed by atoms with van der Waals surface area (Å²) in [6.45, 7) is 3.54. The summed E-state index contributed by atoms with van der Waals surface area (Å²) in [4.78, 5) is 33.4. The van der Waals surface area contributed by atoms with E-state index in [0.717, 1.165) is 12.8 Å². The van der Waals surface area contributed by atoms with Crippen LogP contribution in [-0.4, -0.2) is 48.9 Å². The number of hydrogen-bond donors (Lipinski definition) is 1. The monoisotopic (exact) mass is 384 g/mol. The van der Waals surface area contributed by atoms with E-state index in [1.807, 2.05) is 4.90 Å². The summed E-state index contributed by atoms with van der Waals surface area (Å²) in [6, 6.07) is 6.14. The second-order valence-electron chi connectivity index (χ2n) is 7.25. The number of nitrogens with one attached hydrogen (secondary N) is 1. The molecule has 1 aliphatic rings. The highest BCUT2D eigenvalue weighted by Crippen LogP contribution is 2.20. The maximum absolute atomic E-state index is 13.3. The maximum Gasteiger partial charge on any atom is 0.281 e. The van der Waals surface area contributed by atoms with Crippen LogP contribution in [0.4, 0.5) is 4.39 Å². The van der Waals surface area contributed by atoms with E-state index in [1.165, 1.54) is 12.1 Å². The number of hydrogen-bond acceptors (Lipinski definition) is 5. The van der Waals surface area contributed by atoms with Crippen molar-refractivity contribution in [2.75, 3.05) is 13.1 Å². The molecule has 0 bridgehead atoms. The molecule has 1 fully saturated rings. The molecule has 4 rings (SSSR count). The first kappa shape index (κ1) is 18.3. The van der Waals surface area contributed by atoms with E-state index < -0.39 is 0 Å². The van der Waals surface area contributed by atoms with Crippen LogP contribution in [0.1, 0.15) is 24.2 Å². The Morgan fingerprint density at radius 2 is 2.25 bits per heavy atom. The van der Waals surface area contributed by atoms with Crippen molar-refractivity contribution in [3.05, 3.63) is 51.8 Å². The largest absolute Gasteiger partial charge is 0.342 e. The fourth-order valence-electron chi connectivity index (χ4n) is 3.72. The minimum absolute atomic E-state index is 0.0100. The van der Waals surface area contributed by atoms with Crippen LogP contribution >= 0.6 is 0 Å².